The third-order valence-electron chi connectivity index (χ3n) is 7.34. The van der Waals surface area contributed by atoms with Gasteiger partial charge in [0, 0.05) is 19.6 Å². The number of benzene rings is 1. The summed E-state index contributed by atoms with van der Waals surface area (Å²) in [6.45, 7) is 2.45. The number of hydrogen-bond acceptors (Lipinski definition) is 6. The van der Waals surface area contributed by atoms with Crippen LogP contribution in [0.5, 0.6) is 0 Å². The molecule has 1 spiro atoms. The van der Waals surface area contributed by atoms with Gasteiger partial charge < -0.3 is 24.4 Å². The van der Waals surface area contributed by atoms with Crippen LogP contribution in [-0.4, -0.2) is 76.2 Å². The van der Waals surface area contributed by atoms with E-state index in [2.05, 4.69) is 0 Å². The Morgan fingerprint density at radius 3 is 2.58 bits per heavy atom. The Hall–Kier alpha value is -2.97. The van der Waals surface area contributed by atoms with E-state index in [1.165, 1.54) is 4.90 Å². The maximum Gasteiger partial charge on any atom is 0.313 e. The molecule has 2 amide bonds. The van der Waals surface area contributed by atoms with Crippen LogP contribution in [0.3, 0.4) is 0 Å². The van der Waals surface area contributed by atoms with E-state index in [0.29, 0.717) is 19.5 Å². The molecule has 0 aliphatic carbocycles. The average molecular weight is 453 g/mol. The molecule has 1 N–H and O–H groups in total. The summed E-state index contributed by atoms with van der Waals surface area (Å²) < 4.78 is 12.1. The molecule has 4 aliphatic heterocycles. The number of aliphatic hydroxyl groups excluding tert-OH is 1. The van der Waals surface area contributed by atoms with Crippen molar-refractivity contribution in [3.63, 3.8) is 0 Å². The summed E-state index contributed by atoms with van der Waals surface area (Å²) in [6.07, 6.45) is 7.67. The Labute approximate surface area is 192 Å². The number of fused-ring (bicyclic) bond motifs is 2. The molecule has 4 aliphatic rings. The van der Waals surface area contributed by atoms with Gasteiger partial charge in [-0.25, -0.2) is 0 Å². The summed E-state index contributed by atoms with van der Waals surface area (Å²) in [5, 5.41) is 9.70. The van der Waals surface area contributed by atoms with Crippen molar-refractivity contribution in [2.24, 2.45) is 11.8 Å². The van der Waals surface area contributed by atoms with Crippen molar-refractivity contribution < 1.29 is 29.0 Å². The van der Waals surface area contributed by atoms with Gasteiger partial charge >= 0.3 is 5.97 Å². The molecule has 2 saturated heterocycles. The Morgan fingerprint density at radius 1 is 1.06 bits per heavy atom. The molecular weight excluding hydrogens is 424 g/mol. The Kier molecular flexibility index (Phi) is 5.37. The molecule has 5 atom stereocenters. The van der Waals surface area contributed by atoms with Crippen molar-refractivity contribution in [2.75, 3.05) is 26.3 Å². The number of β-amino-alcohol motifs (C(OH)–C–C–N with tert-alkyl or cyclic N) is 1. The fourth-order valence-electron chi connectivity index (χ4n) is 5.94. The third kappa shape index (κ3) is 3.15. The molecule has 0 radical (unpaired) electrons. The number of esters is 1. The largest absolute Gasteiger partial charge is 0.461 e. The second kappa shape index (κ2) is 8.11. The molecule has 0 bridgehead atoms. The lowest BCUT2D eigenvalue weighted by molar-refractivity contribution is -0.159. The van der Waals surface area contributed by atoms with Gasteiger partial charge in [-0.05, 0) is 18.1 Å². The summed E-state index contributed by atoms with van der Waals surface area (Å²) in [5.41, 5.74) is -1.37. The first-order valence-electron chi connectivity index (χ1n) is 11.4. The molecule has 174 valence electrons. The highest BCUT2D eigenvalue weighted by Gasteiger charge is 2.75. The molecule has 4 heterocycles. The van der Waals surface area contributed by atoms with Crippen molar-refractivity contribution in [3.05, 3.63) is 60.2 Å². The second-order valence-corrected chi connectivity index (χ2v) is 9.02. The maximum absolute atomic E-state index is 13.9. The molecule has 8 nitrogen and oxygen atoms in total. The number of likely N-dealkylation sites (tertiary alicyclic amines) is 1. The van der Waals surface area contributed by atoms with E-state index in [9.17, 15) is 19.5 Å². The predicted molar refractivity (Wildman–Crippen MR) is 118 cm³/mol. The zero-order valence-corrected chi connectivity index (χ0v) is 18.6. The van der Waals surface area contributed by atoms with Crippen molar-refractivity contribution in [1.29, 1.82) is 0 Å². The minimum absolute atomic E-state index is 0.0133. The fourth-order valence-corrected chi connectivity index (χ4v) is 5.94. The standard InChI is InChI=1S/C25H28N2O6/c1-2-24-10-7-15-32-23(31)19(24)18-21(29)27(13-14-28)20-22(30)26(12-6-11-25(18,20)33-24)16-17-8-4-3-5-9-17/h3-11,18-20,28H,2,12-16H2,1H3/t18-,19+,20?,24-,25-/m0/s1. The van der Waals surface area contributed by atoms with Gasteiger partial charge in [0.15, 0.2) is 0 Å². The first-order chi connectivity index (χ1) is 16.0. The van der Waals surface area contributed by atoms with Crippen LogP contribution in [0.15, 0.2) is 54.6 Å². The molecule has 8 heteroatoms. The molecule has 33 heavy (non-hydrogen) atoms. The number of hydrogen-bond donors (Lipinski definition) is 1. The minimum atomic E-state index is -1.31. The zero-order valence-electron chi connectivity index (χ0n) is 18.6. The number of cyclic esters (lactones) is 1. The fraction of sp³-hybridized carbons (Fsp3) is 0.480. The summed E-state index contributed by atoms with van der Waals surface area (Å²) >= 11 is 0. The number of ether oxygens (including phenoxy) is 2. The lowest BCUT2D eigenvalue weighted by Crippen LogP contribution is -2.56. The molecule has 0 saturated carbocycles. The van der Waals surface area contributed by atoms with Gasteiger partial charge in [0.25, 0.3) is 0 Å². The number of amides is 2. The lowest BCUT2D eigenvalue weighted by atomic mass is 9.73. The first kappa shape index (κ1) is 21.9. The van der Waals surface area contributed by atoms with Gasteiger partial charge in [0.05, 0.1) is 12.5 Å². The lowest BCUT2D eigenvalue weighted by Gasteiger charge is -2.38. The van der Waals surface area contributed by atoms with E-state index >= 15 is 0 Å². The van der Waals surface area contributed by atoms with E-state index in [1.54, 1.807) is 17.1 Å². The highest BCUT2D eigenvalue weighted by molar-refractivity contribution is 5.99. The van der Waals surface area contributed by atoms with Crippen molar-refractivity contribution >= 4 is 17.8 Å². The van der Waals surface area contributed by atoms with Gasteiger partial charge in [0.1, 0.15) is 29.8 Å². The smallest absolute Gasteiger partial charge is 0.313 e. The quantitative estimate of drug-likeness (QED) is 0.530. The van der Waals surface area contributed by atoms with E-state index < -0.39 is 35.0 Å². The van der Waals surface area contributed by atoms with Crippen molar-refractivity contribution in [1.82, 2.24) is 9.80 Å². The highest BCUT2D eigenvalue weighted by atomic mass is 16.6. The van der Waals surface area contributed by atoms with Crippen LogP contribution in [0.4, 0.5) is 0 Å². The van der Waals surface area contributed by atoms with Crippen LogP contribution in [0.1, 0.15) is 18.9 Å². The minimum Gasteiger partial charge on any atom is -0.461 e. The number of carbonyl (C=O) groups excluding carboxylic acids is 3. The topological polar surface area (TPSA) is 96.4 Å². The van der Waals surface area contributed by atoms with Crippen LogP contribution in [0, 0.1) is 11.8 Å². The third-order valence-corrected chi connectivity index (χ3v) is 7.34. The summed E-state index contributed by atoms with van der Waals surface area (Å²) in [7, 11) is 0. The molecule has 5 rings (SSSR count). The Bertz CT molecular complexity index is 1020. The Balaban J connectivity index is 1.60. The highest BCUT2D eigenvalue weighted by Crippen LogP contribution is 2.58. The van der Waals surface area contributed by atoms with Crippen LogP contribution < -0.4 is 0 Å². The summed E-state index contributed by atoms with van der Waals surface area (Å²) in [5.74, 6) is -2.87. The molecule has 1 aromatic carbocycles. The van der Waals surface area contributed by atoms with E-state index in [-0.39, 0.29) is 31.6 Å². The molecule has 1 unspecified atom stereocenters. The van der Waals surface area contributed by atoms with Gasteiger partial charge in [-0.15, -0.1) is 0 Å². The molecule has 0 aromatic heterocycles. The van der Waals surface area contributed by atoms with Crippen molar-refractivity contribution in [3.8, 4) is 0 Å². The van der Waals surface area contributed by atoms with Crippen LogP contribution >= 0.6 is 0 Å². The first-order valence-corrected chi connectivity index (χ1v) is 11.4. The number of carbonyl (C=O) groups is 3. The van der Waals surface area contributed by atoms with Crippen LogP contribution in [0.2, 0.25) is 0 Å². The SMILES string of the molecule is CC[C@]12C=CCOC(=O)[C@H]1[C@H]1C(=O)N(CCO)C3C(=O)N(Cc4ccccc4)CC=C[C@@]31O2. The zero-order chi connectivity index (χ0) is 23.2. The number of nitrogens with zero attached hydrogens (tertiary/aromatic N) is 2. The molecule has 2 fully saturated rings. The van der Waals surface area contributed by atoms with E-state index in [1.807, 2.05) is 49.4 Å². The maximum atomic E-state index is 13.9. The summed E-state index contributed by atoms with van der Waals surface area (Å²) in [4.78, 5) is 43.8. The molecular formula is C25H28N2O6. The van der Waals surface area contributed by atoms with Gasteiger partial charge in [-0.2, -0.15) is 0 Å². The predicted octanol–water partition coefficient (Wildman–Crippen LogP) is 1.05. The number of rotatable bonds is 5. The van der Waals surface area contributed by atoms with Gasteiger partial charge in [-0.3, -0.25) is 14.4 Å². The second-order valence-electron chi connectivity index (χ2n) is 9.02. The van der Waals surface area contributed by atoms with Gasteiger partial charge in [0.2, 0.25) is 11.8 Å². The normalized spacial score (nSPS) is 35.1. The van der Waals surface area contributed by atoms with Crippen molar-refractivity contribution in [2.45, 2.75) is 37.1 Å². The number of aliphatic hydroxyl groups is 1. The van der Waals surface area contributed by atoms with E-state index in [4.69, 9.17) is 9.47 Å². The van der Waals surface area contributed by atoms with Gasteiger partial charge in [-0.1, -0.05) is 55.5 Å². The van der Waals surface area contributed by atoms with Crippen LogP contribution in [0.25, 0.3) is 0 Å². The Morgan fingerprint density at radius 2 is 1.85 bits per heavy atom. The average Bonchev–Trinajstić information content (AvgIpc) is 3.09. The van der Waals surface area contributed by atoms with Crippen LogP contribution in [-0.2, 0) is 30.4 Å². The summed E-state index contributed by atoms with van der Waals surface area (Å²) in [6, 6.07) is 8.67. The van der Waals surface area contributed by atoms with E-state index in [0.717, 1.165) is 5.56 Å². The monoisotopic (exact) mass is 452 g/mol. The molecule has 1 aromatic rings.